The summed E-state index contributed by atoms with van der Waals surface area (Å²) >= 11 is 0. The molecule has 1 aliphatic rings. The van der Waals surface area contributed by atoms with Crippen LogP contribution in [0.15, 0.2) is 73.2 Å². The smallest absolute Gasteiger partial charge is 0.180 e. The summed E-state index contributed by atoms with van der Waals surface area (Å²) in [6, 6.07) is 19.5. The van der Waals surface area contributed by atoms with Crippen LogP contribution < -0.4 is 4.90 Å². The van der Waals surface area contributed by atoms with Crippen molar-refractivity contribution >= 4 is 16.7 Å². The number of benzene rings is 1. The van der Waals surface area contributed by atoms with Crippen molar-refractivity contribution in [3.05, 3.63) is 78.9 Å². The largest absolute Gasteiger partial charge is 0.369 e. The lowest BCUT2D eigenvalue weighted by Gasteiger charge is -2.38. The van der Waals surface area contributed by atoms with Crippen LogP contribution in [-0.4, -0.2) is 62.0 Å². The first-order valence-electron chi connectivity index (χ1n) is 12.9. The predicted octanol–water partition coefficient (Wildman–Crippen LogP) is 5.59. The van der Waals surface area contributed by atoms with Gasteiger partial charge in [0, 0.05) is 78.7 Å². The number of H-pyrrole nitrogens is 1. The van der Waals surface area contributed by atoms with Crippen molar-refractivity contribution in [1.29, 1.82) is 0 Å². The highest BCUT2D eigenvalue weighted by atomic mass is 15.3. The van der Waals surface area contributed by atoms with Gasteiger partial charge in [-0.1, -0.05) is 18.2 Å². The molecule has 0 radical (unpaired) electrons. The van der Waals surface area contributed by atoms with E-state index in [2.05, 4.69) is 68.9 Å². The van der Waals surface area contributed by atoms with Crippen LogP contribution >= 0.6 is 0 Å². The van der Waals surface area contributed by atoms with Gasteiger partial charge in [0.05, 0.1) is 5.69 Å². The summed E-state index contributed by atoms with van der Waals surface area (Å²) in [5, 5.41) is 0.964. The van der Waals surface area contributed by atoms with Gasteiger partial charge in [-0.3, -0.25) is 9.88 Å². The minimum Gasteiger partial charge on any atom is -0.369 e. The lowest BCUT2D eigenvalue weighted by atomic mass is 10.0. The number of aromatic amines is 1. The molecule has 5 heterocycles. The van der Waals surface area contributed by atoms with E-state index in [1.165, 1.54) is 5.69 Å². The number of nitrogens with one attached hydrogen (secondary N) is 1. The molecule has 5 aromatic rings. The minimum atomic E-state index is 0.598. The molecule has 0 spiro atoms. The van der Waals surface area contributed by atoms with Crippen LogP contribution in [0.4, 0.5) is 5.69 Å². The van der Waals surface area contributed by atoms with E-state index < -0.39 is 0 Å². The van der Waals surface area contributed by atoms with Gasteiger partial charge in [0.2, 0.25) is 0 Å². The van der Waals surface area contributed by atoms with Gasteiger partial charge in [-0.25, -0.2) is 15.0 Å². The fourth-order valence-corrected chi connectivity index (χ4v) is 5.03. The Kier molecular flexibility index (Phi) is 6.14. The van der Waals surface area contributed by atoms with Crippen molar-refractivity contribution in [1.82, 2.24) is 29.8 Å². The molecule has 0 saturated carbocycles. The highest BCUT2D eigenvalue weighted by Crippen LogP contribution is 2.31. The van der Waals surface area contributed by atoms with Crippen LogP contribution in [0.1, 0.15) is 19.5 Å². The molecule has 186 valence electrons. The van der Waals surface area contributed by atoms with Gasteiger partial charge in [-0.05, 0) is 62.7 Å². The molecule has 6 rings (SSSR count). The quantitative estimate of drug-likeness (QED) is 0.347. The van der Waals surface area contributed by atoms with Gasteiger partial charge in [0.1, 0.15) is 11.3 Å². The predicted molar refractivity (Wildman–Crippen MR) is 149 cm³/mol. The third-order valence-electron chi connectivity index (χ3n) is 7.16. The van der Waals surface area contributed by atoms with Gasteiger partial charge in [0.15, 0.2) is 5.82 Å². The maximum absolute atomic E-state index is 4.94. The number of fused-ring (bicyclic) bond motifs is 1. The van der Waals surface area contributed by atoms with E-state index in [0.717, 1.165) is 71.0 Å². The van der Waals surface area contributed by atoms with Crippen LogP contribution in [0.5, 0.6) is 0 Å². The maximum atomic E-state index is 4.94. The lowest BCUT2D eigenvalue weighted by molar-refractivity contribution is 0.209. The number of aryl methyl sites for hydroxylation is 1. The van der Waals surface area contributed by atoms with Crippen molar-refractivity contribution in [2.24, 2.45) is 0 Å². The topological polar surface area (TPSA) is 73.8 Å². The number of rotatable bonds is 5. The van der Waals surface area contributed by atoms with Crippen molar-refractivity contribution in [3.8, 4) is 33.9 Å². The lowest BCUT2D eigenvalue weighted by Crippen LogP contribution is -2.48. The Morgan fingerprint density at radius 1 is 0.811 bits per heavy atom. The summed E-state index contributed by atoms with van der Waals surface area (Å²) in [5.41, 5.74) is 7.75. The van der Waals surface area contributed by atoms with E-state index in [1.807, 2.05) is 49.8 Å². The molecule has 0 atom stereocenters. The van der Waals surface area contributed by atoms with Crippen molar-refractivity contribution in [2.45, 2.75) is 26.8 Å². The number of aromatic nitrogens is 5. The Bertz CT molecular complexity index is 1530. The van der Waals surface area contributed by atoms with Gasteiger partial charge >= 0.3 is 0 Å². The van der Waals surface area contributed by atoms with Crippen LogP contribution in [0.3, 0.4) is 0 Å². The molecule has 0 aliphatic carbocycles. The van der Waals surface area contributed by atoms with E-state index in [9.17, 15) is 0 Å². The fourth-order valence-electron chi connectivity index (χ4n) is 5.03. The molecule has 1 N–H and O–H groups in total. The fraction of sp³-hybridized carbons (Fsp3) is 0.267. The summed E-state index contributed by atoms with van der Waals surface area (Å²) in [6.45, 7) is 10.9. The molecule has 4 aromatic heterocycles. The van der Waals surface area contributed by atoms with Crippen molar-refractivity contribution in [3.63, 3.8) is 0 Å². The van der Waals surface area contributed by atoms with Crippen molar-refractivity contribution in [2.75, 3.05) is 31.1 Å². The van der Waals surface area contributed by atoms with Crippen LogP contribution in [0.25, 0.3) is 44.9 Å². The van der Waals surface area contributed by atoms with Crippen molar-refractivity contribution < 1.29 is 0 Å². The number of hydrogen-bond acceptors (Lipinski definition) is 6. The van der Waals surface area contributed by atoms with E-state index in [-0.39, 0.29) is 0 Å². The standard InChI is InChI=1S/C30H31N7/c1-20(2)36-13-15-37(16-14-36)25-9-7-22(8-10-25)23-17-24(19-31-18-23)28-26-11-12-32-29(26)35-30(34-28)27-6-4-5-21(3)33-27/h4-12,17-20H,13-16H2,1-3H3,(H,32,34,35). The Morgan fingerprint density at radius 2 is 1.59 bits per heavy atom. The van der Waals surface area contributed by atoms with Gasteiger partial charge in [0.25, 0.3) is 0 Å². The number of hydrogen-bond donors (Lipinski definition) is 1. The summed E-state index contributed by atoms with van der Waals surface area (Å²) in [7, 11) is 0. The Labute approximate surface area is 217 Å². The summed E-state index contributed by atoms with van der Waals surface area (Å²) in [6.07, 6.45) is 5.68. The number of anilines is 1. The van der Waals surface area contributed by atoms with E-state index >= 15 is 0 Å². The zero-order valence-corrected chi connectivity index (χ0v) is 21.5. The molecule has 1 aliphatic heterocycles. The average molecular weight is 490 g/mol. The Balaban J connectivity index is 1.30. The highest BCUT2D eigenvalue weighted by molar-refractivity contribution is 5.92. The van der Waals surface area contributed by atoms with E-state index in [4.69, 9.17) is 9.97 Å². The monoisotopic (exact) mass is 489 g/mol. The number of nitrogens with zero attached hydrogens (tertiary/aromatic N) is 6. The van der Waals surface area contributed by atoms with Gasteiger partial charge in [-0.2, -0.15) is 0 Å². The average Bonchev–Trinajstić information content (AvgIpc) is 3.42. The Hall–Kier alpha value is -4.10. The first-order valence-corrected chi connectivity index (χ1v) is 12.9. The summed E-state index contributed by atoms with van der Waals surface area (Å²) in [5.74, 6) is 0.598. The molecule has 0 amide bonds. The second-order valence-electron chi connectivity index (χ2n) is 9.93. The second-order valence-corrected chi connectivity index (χ2v) is 9.93. The summed E-state index contributed by atoms with van der Waals surface area (Å²) < 4.78 is 0. The molecular formula is C30H31N7. The third kappa shape index (κ3) is 4.70. The minimum absolute atomic E-state index is 0.598. The molecule has 1 saturated heterocycles. The van der Waals surface area contributed by atoms with Gasteiger partial charge in [-0.15, -0.1) is 0 Å². The molecular weight excluding hydrogens is 458 g/mol. The first kappa shape index (κ1) is 23.3. The molecule has 1 fully saturated rings. The molecule has 7 nitrogen and oxygen atoms in total. The highest BCUT2D eigenvalue weighted by Gasteiger charge is 2.19. The van der Waals surface area contributed by atoms with Crippen LogP contribution in [0, 0.1) is 6.92 Å². The number of pyridine rings is 2. The zero-order chi connectivity index (χ0) is 25.4. The van der Waals surface area contributed by atoms with E-state index in [0.29, 0.717) is 11.9 Å². The number of piperazine rings is 1. The SMILES string of the molecule is Cc1cccc(-c2nc(-c3cncc(-c4ccc(N5CCN(C(C)C)CC5)cc4)c3)c3cc[nH]c3n2)n1. The molecule has 1 aromatic carbocycles. The molecule has 7 heteroatoms. The van der Waals surface area contributed by atoms with Gasteiger partial charge < -0.3 is 9.88 Å². The van der Waals surface area contributed by atoms with Crippen LogP contribution in [0.2, 0.25) is 0 Å². The first-order chi connectivity index (χ1) is 18.0. The summed E-state index contributed by atoms with van der Waals surface area (Å²) in [4.78, 5) is 27.1. The maximum Gasteiger partial charge on any atom is 0.180 e. The zero-order valence-electron chi connectivity index (χ0n) is 21.5. The molecule has 0 unspecified atom stereocenters. The van der Waals surface area contributed by atoms with E-state index in [1.54, 1.807) is 0 Å². The van der Waals surface area contributed by atoms with Crippen LogP contribution in [-0.2, 0) is 0 Å². The molecule has 37 heavy (non-hydrogen) atoms. The molecule has 0 bridgehead atoms. The Morgan fingerprint density at radius 3 is 2.35 bits per heavy atom. The second kappa shape index (κ2) is 9.75. The third-order valence-corrected chi connectivity index (χ3v) is 7.16. The normalized spacial score (nSPS) is 14.5.